The van der Waals surface area contributed by atoms with Gasteiger partial charge in [-0.05, 0) is 61.7 Å². The van der Waals surface area contributed by atoms with Crippen LogP contribution in [0.15, 0.2) is 64.0 Å². The minimum Gasteiger partial charge on any atom is -0.504 e. The lowest BCUT2D eigenvalue weighted by molar-refractivity contribution is 0.373. The van der Waals surface area contributed by atoms with Gasteiger partial charge in [0.05, 0.1) is 25.6 Å². The molecule has 0 aliphatic heterocycles. The van der Waals surface area contributed by atoms with Gasteiger partial charge in [0, 0.05) is 10.9 Å². The molecule has 150 valence electrons. The maximum atomic E-state index is 10.0. The van der Waals surface area contributed by atoms with E-state index in [2.05, 4.69) is 54.1 Å². The van der Waals surface area contributed by atoms with Gasteiger partial charge in [-0.2, -0.15) is 5.10 Å². The summed E-state index contributed by atoms with van der Waals surface area (Å²) in [5.74, 6) is 0.506. The summed E-state index contributed by atoms with van der Waals surface area (Å²) in [6, 6.07) is 11.5. The second kappa shape index (κ2) is 8.92. The van der Waals surface area contributed by atoms with Crippen LogP contribution in [0.25, 0.3) is 11.3 Å². The standard InChI is InChI=1S/C23H25N3O2S/c1-15(2)12-24-23-26(25-13-18-7-9-22(28-5)21(27)11-18)20(14-29-23)19-8-6-16(3)17(4)10-19/h6-11,13-14,27H,1,12H2,2-5H3. The minimum atomic E-state index is 0.0772. The maximum Gasteiger partial charge on any atom is 0.206 e. The topological polar surface area (TPSA) is 59.1 Å². The third-order valence-corrected chi connectivity index (χ3v) is 5.35. The Labute approximate surface area is 175 Å². The molecule has 1 N–H and O–H groups in total. The maximum absolute atomic E-state index is 10.0. The third kappa shape index (κ3) is 4.84. The van der Waals surface area contributed by atoms with Gasteiger partial charge in [-0.15, -0.1) is 11.3 Å². The highest BCUT2D eigenvalue weighted by molar-refractivity contribution is 7.07. The highest BCUT2D eigenvalue weighted by Crippen LogP contribution is 2.26. The van der Waals surface area contributed by atoms with E-state index in [1.54, 1.807) is 18.3 Å². The van der Waals surface area contributed by atoms with Gasteiger partial charge in [0.2, 0.25) is 4.80 Å². The van der Waals surface area contributed by atoms with Gasteiger partial charge in [0.1, 0.15) is 0 Å². The number of phenols is 1. The number of aromatic hydroxyl groups is 1. The van der Waals surface area contributed by atoms with Crippen molar-refractivity contribution < 1.29 is 9.84 Å². The zero-order valence-corrected chi connectivity index (χ0v) is 18.0. The molecule has 2 aromatic carbocycles. The van der Waals surface area contributed by atoms with Gasteiger partial charge in [-0.1, -0.05) is 24.3 Å². The van der Waals surface area contributed by atoms with Gasteiger partial charge in [0.15, 0.2) is 11.5 Å². The van der Waals surface area contributed by atoms with Crippen molar-refractivity contribution in [3.63, 3.8) is 0 Å². The van der Waals surface area contributed by atoms with Crippen LogP contribution >= 0.6 is 11.3 Å². The molecule has 0 amide bonds. The molecule has 0 radical (unpaired) electrons. The summed E-state index contributed by atoms with van der Waals surface area (Å²) in [6.45, 7) is 10.6. The fourth-order valence-corrected chi connectivity index (χ4v) is 3.57. The van der Waals surface area contributed by atoms with Crippen LogP contribution in [0.2, 0.25) is 0 Å². The zero-order chi connectivity index (χ0) is 21.0. The molecule has 0 aliphatic rings. The van der Waals surface area contributed by atoms with Gasteiger partial charge in [-0.3, -0.25) is 4.99 Å². The van der Waals surface area contributed by atoms with E-state index in [-0.39, 0.29) is 5.75 Å². The first-order valence-corrected chi connectivity index (χ1v) is 10.1. The van der Waals surface area contributed by atoms with E-state index in [0.29, 0.717) is 12.3 Å². The monoisotopic (exact) mass is 407 g/mol. The molecular weight excluding hydrogens is 382 g/mol. The fourth-order valence-electron chi connectivity index (χ4n) is 2.73. The number of rotatable bonds is 6. The lowest BCUT2D eigenvalue weighted by atomic mass is 10.1. The molecule has 0 unspecified atom stereocenters. The molecule has 29 heavy (non-hydrogen) atoms. The van der Waals surface area contributed by atoms with E-state index in [9.17, 15) is 5.11 Å². The SMILES string of the molecule is C=C(C)CN=c1scc(-c2ccc(C)c(C)c2)n1N=Cc1ccc(OC)c(O)c1. The van der Waals surface area contributed by atoms with Crippen molar-refractivity contribution in [3.05, 3.63) is 75.4 Å². The van der Waals surface area contributed by atoms with Crippen LogP contribution in [0.5, 0.6) is 11.5 Å². The van der Waals surface area contributed by atoms with Crippen molar-refractivity contribution in [2.24, 2.45) is 10.1 Å². The highest BCUT2D eigenvalue weighted by Gasteiger charge is 2.09. The largest absolute Gasteiger partial charge is 0.504 e. The van der Waals surface area contributed by atoms with Crippen LogP contribution < -0.4 is 9.54 Å². The Morgan fingerprint density at radius 2 is 2.00 bits per heavy atom. The first-order chi connectivity index (χ1) is 13.9. The summed E-state index contributed by atoms with van der Waals surface area (Å²) in [7, 11) is 1.52. The number of hydrogen-bond acceptors (Lipinski definition) is 5. The number of methoxy groups -OCH3 is 1. The van der Waals surface area contributed by atoms with Gasteiger partial charge in [0.25, 0.3) is 0 Å². The molecule has 0 saturated heterocycles. The predicted octanol–water partition coefficient (Wildman–Crippen LogP) is 4.91. The van der Waals surface area contributed by atoms with E-state index in [0.717, 1.165) is 27.2 Å². The van der Waals surface area contributed by atoms with E-state index in [1.807, 2.05) is 17.7 Å². The van der Waals surface area contributed by atoms with E-state index >= 15 is 0 Å². The van der Waals surface area contributed by atoms with Crippen molar-refractivity contribution in [2.45, 2.75) is 20.8 Å². The molecule has 0 atom stereocenters. The van der Waals surface area contributed by atoms with E-state index in [1.165, 1.54) is 29.6 Å². The summed E-state index contributed by atoms with van der Waals surface area (Å²) in [4.78, 5) is 5.44. The average Bonchev–Trinajstić information content (AvgIpc) is 3.09. The molecule has 1 heterocycles. The average molecular weight is 408 g/mol. The number of ether oxygens (including phenoxy) is 1. The Hall–Kier alpha value is -3.12. The third-order valence-electron chi connectivity index (χ3n) is 4.50. The van der Waals surface area contributed by atoms with Crippen molar-refractivity contribution in [1.29, 1.82) is 0 Å². The zero-order valence-electron chi connectivity index (χ0n) is 17.1. The number of nitrogens with zero attached hydrogens (tertiary/aromatic N) is 3. The van der Waals surface area contributed by atoms with E-state index < -0.39 is 0 Å². The second-order valence-electron chi connectivity index (χ2n) is 6.96. The Kier molecular flexibility index (Phi) is 6.34. The smallest absolute Gasteiger partial charge is 0.206 e. The lowest BCUT2D eigenvalue weighted by Gasteiger charge is -2.07. The fraction of sp³-hybridized carbons (Fsp3) is 0.217. The minimum absolute atomic E-state index is 0.0772. The molecule has 5 nitrogen and oxygen atoms in total. The van der Waals surface area contributed by atoms with Crippen molar-refractivity contribution in [3.8, 4) is 22.8 Å². The molecule has 0 spiro atoms. The normalized spacial score (nSPS) is 11.9. The summed E-state index contributed by atoms with van der Waals surface area (Å²) >= 11 is 1.54. The van der Waals surface area contributed by atoms with Crippen molar-refractivity contribution in [1.82, 2.24) is 4.68 Å². The predicted molar refractivity (Wildman–Crippen MR) is 120 cm³/mol. The molecule has 3 rings (SSSR count). The molecular formula is C23H25N3O2S. The molecule has 3 aromatic rings. The Balaban J connectivity index is 2.07. The Morgan fingerprint density at radius 3 is 2.66 bits per heavy atom. The van der Waals surface area contributed by atoms with Crippen LogP contribution in [0.1, 0.15) is 23.6 Å². The molecule has 0 saturated carbocycles. The Bertz CT molecular complexity index is 1140. The molecule has 0 aliphatic carbocycles. The number of aromatic nitrogens is 1. The van der Waals surface area contributed by atoms with Gasteiger partial charge in [-0.25, -0.2) is 4.68 Å². The molecule has 1 aromatic heterocycles. The highest BCUT2D eigenvalue weighted by atomic mass is 32.1. The summed E-state index contributed by atoms with van der Waals surface area (Å²) in [5, 5.41) is 16.7. The first-order valence-electron chi connectivity index (χ1n) is 9.23. The van der Waals surface area contributed by atoms with Crippen LogP contribution in [0, 0.1) is 13.8 Å². The van der Waals surface area contributed by atoms with E-state index in [4.69, 9.17) is 4.74 Å². The number of thiazole rings is 1. The quantitative estimate of drug-likeness (QED) is 0.466. The second-order valence-corrected chi connectivity index (χ2v) is 7.80. The van der Waals surface area contributed by atoms with Gasteiger partial charge >= 0.3 is 0 Å². The summed E-state index contributed by atoms with van der Waals surface area (Å²) in [6.07, 6.45) is 1.70. The van der Waals surface area contributed by atoms with Crippen molar-refractivity contribution in [2.75, 3.05) is 13.7 Å². The summed E-state index contributed by atoms with van der Waals surface area (Å²) < 4.78 is 6.93. The van der Waals surface area contributed by atoms with Crippen molar-refractivity contribution >= 4 is 17.6 Å². The van der Waals surface area contributed by atoms with Crippen LogP contribution in [0.3, 0.4) is 0 Å². The molecule has 0 fully saturated rings. The molecule has 0 bridgehead atoms. The van der Waals surface area contributed by atoms with Crippen LogP contribution in [0.4, 0.5) is 0 Å². The number of aryl methyl sites for hydroxylation is 2. The number of phenolic OH excluding ortho intramolecular Hbond substituents is 1. The van der Waals surface area contributed by atoms with Crippen LogP contribution in [-0.4, -0.2) is 29.7 Å². The number of benzene rings is 2. The Morgan fingerprint density at radius 1 is 1.21 bits per heavy atom. The summed E-state index contributed by atoms with van der Waals surface area (Å²) in [5.41, 5.74) is 6.27. The lowest BCUT2D eigenvalue weighted by Crippen LogP contribution is -2.13. The van der Waals surface area contributed by atoms with Crippen LogP contribution in [-0.2, 0) is 0 Å². The number of hydrogen-bond donors (Lipinski definition) is 1. The first kappa shape index (κ1) is 20.6. The molecule has 6 heteroatoms. The van der Waals surface area contributed by atoms with Gasteiger partial charge < -0.3 is 9.84 Å².